The molecule has 0 saturated heterocycles. The molecule has 8 aromatic rings. The van der Waals surface area contributed by atoms with E-state index in [2.05, 4.69) is 214 Å². The van der Waals surface area contributed by atoms with Gasteiger partial charge >= 0.3 is 0 Å². The second-order valence-electron chi connectivity index (χ2n) is 16.4. The molecule has 0 unspecified atom stereocenters. The van der Waals surface area contributed by atoms with Crippen LogP contribution in [0.3, 0.4) is 0 Å². The number of rotatable bonds is 4. The van der Waals surface area contributed by atoms with Gasteiger partial charge in [0.1, 0.15) is 0 Å². The maximum atomic E-state index is 6.58. The van der Waals surface area contributed by atoms with Crippen molar-refractivity contribution < 1.29 is 0 Å². The zero-order chi connectivity index (χ0) is 40.9. The van der Waals surface area contributed by atoms with E-state index in [0.29, 0.717) is 0 Å². The van der Waals surface area contributed by atoms with Crippen molar-refractivity contribution in [2.75, 3.05) is 5.73 Å². The largest absolute Gasteiger partial charge is 0.398 e. The minimum atomic E-state index is -0.147. The molecule has 0 bridgehead atoms. The molecule has 2 N–H and O–H groups in total. The van der Waals surface area contributed by atoms with Crippen molar-refractivity contribution in [3.05, 3.63) is 235 Å². The minimum Gasteiger partial charge on any atom is -0.398 e. The van der Waals surface area contributed by atoms with Crippen LogP contribution in [0.15, 0.2) is 224 Å². The van der Waals surface area contributed by atoms with Gasteiger partial charge in [0.2, 0.25) is 0 Å². The molecule has 8 aromatic carbocycles. The van der Waals surface area contributed by atoms with E-state index in [0.717, 1.165) is 11.1 Å². The van der Waals surface area contributed by atoms with Crippen LogP contribution >= 0.6 is 0 Å². The van der Waals surface area contributed by atoms with Crippen molar-refractivity contribution in [3.8, 4) is 44.5 Å². The van der Waals surface area contributed by atoms with Gasteiger partial charge in [0.25, 0.3) is 0 Å². The second-order valence-corrected chi connectivity index (χ2v) is 16.4. The van der Waals surface area contributed by atoms with E-state index >= 15 is 0 Å². The third-order valence-electron chi connectivity index (χ3n) is 12.2. The van der Waals surface area contributed by atoms with E-state index in [-0.39, 0.29) is 5.41 Å². The topological polar surface area (TPSA) is 26.0 Å². The first-order chi connectivity index (χ1) is 29.5. The lowest BCUT2D eigenvalue weighted by Gasteiger charge is -2.23. The van der Waals surface area contributed by atoms with Crippen molar-refractivity contribution in [1.29, 1.82) is 0 Å². The van der Waals surface area contributed by atoms with Gasteiger partial charge in [-0.3, -0.25) is 0 Å². The first-order valence-electron chi connectivity index (χ1n) is 21.4. The molecule has 0 amide bonds. The van der Waals surface area contributed by atoms with Crippen LogP contribution in [0, 0.1) is 0 Å². The summed E-state index contributed by atoms with van der Waals surface area (Å²) in [4.78, 5) is 0. The monoisotopic (exact) mass is 773 g/mol. The zero-order valence-corrected chi connectivity index (χ0v) is 34.6. The number of nitrogens with two attached hydrogens (primary N) is 1. The summed E-state index contributed by atoms with van der Waals surface area (Å²) in [5.41, 5.74) is 23.0. The Labute approximate surface area is 355 Å². The molecule has 3 aliphatic rings. The van der Waals surface area contributed by atoms with E-state index in [1.807, 2.05) is 12.1 Å². The smallest absolute Gasteiger partial charge is 0.0397 e. The van der Waals surface area contributed by atoms with E-state index in [4.69, 9.17) is 5.73 Å². The maximum absolute atomic E-state index is 6.58. The first-order valence-corrected chi connectivity index (χ1v) is 21.4. The van der Waals surface area contributed by atoms with Crippen LogP contribution in [0.4, 0.5) is 5.69 Å². The molecule has 3 aliphatic carbocycles. The fourth-order valence-corrected chi connectivity index (χ4v) is 9.08. The number of anilines is 1. The number of hydrogen-bond donors (Lipinski definition) is 1. The summed E-state index contributed by atoms with van der Waals surface area (Å²) in [6, 6.07) is 62.4. The maximum Gasteiger partial charge on any atom is 0.0397 e. The van der Waals surface area contributed by atoms with Gasteiger partial charge in [0, 0.05) is 16.5 Å². The molecule has 60 heavy (non-hydrogen) atoms. The summed E-state index contributed by atoms with van der Waals surface area (Å²) in [6.45, 7) is 4.67. The van der Waals surface area contributed by atoms with E-state index < -0.39 is 0 Å². The quantitative estimate of drug-likeness (QED) is 0.177. The summed E-state index contributed by atoms with van der Waals surface area (Å²) in [5, 5.41) is 4.96. The third kappa shape index (κ3) is 7.68. The summed E-state index contributed by atoms with van der Waals surface area (Å²) in [5.74, 6) is 0. The highest BCUT2D eigenvalue weighted by Crippen LogP contribution is 2.56. The van der Waals surface area contributed by atoms with Gasteiger partial charge < -0.3 is 5.73 Å². The Morgan fingerprint density at radius 1 is 0.383 bits per heavy atom. The van der Waals surface area contributed by atoms with E-state index in [1.54, 1.807) is 0 Å². The highest BCUT2D eigenvalue weighted by Gasteiger charge is 2.38. The number of hydrogen-bond acceptors (Lipinski definition) is 1. The number of nitrogen functional groups attached to an aromatic ring is 1. The van der Waals surface area contributed by atoms with Gasteiger partial charge in [-0.25, -0.2) is 0 Å². The van der Waals surface area contributed by atoms with Gasteiger partial charge in [-0.15, -0.1) is 0 Å². The van der Waals surface area contributed by atoms with Crippen LogP contribution < -0.4 is 5.73 Å². The average molecular weight is 774 g/mol. The summed E-state index contributed by atoms with van der Waals surface area (Å²) >= 11 is 0. The second kappa shape index (κ2) is 17.1. The molecule has 0 saturated carbocycles. The molecule has 0 spiro atoms. The number of allylic oxidation sites excluding steroid dienone is 8. The Morgan fingerprint density at radius 2 is 0.767 bits per heavy atom. The molecule has 0 heterocycles. The molecule has 0 aliphatic heterocycles. The van der Waals surface area contributed by atoms with Crippen LogP contribution in [-0.2, 0) is 5.41 Å². The predicted octanol–water partition coefficient (Wildman–Crippen LogP) is 16.1. The average Bonchev–Trinajstić information content (AvgIpc) is 3.56. The third-order valence-corrected chi connectivity index (χ3v) is 12.2. The van der Waals surface area contributed by atoms with Gasteiger partial charge in [-0.2, -0.15) is 0 Å². The normalized spacial score (nSPS) is 14.5. The zero-order valence-electron chi connectivity index (χ0n) is 34.6. The van der Waals surface area contributed by atoms with Gasteiger partial charge in [0.15, 0.2) is 0 Å². The fourth-order valence-electron chi connectivity index (χ4n) is 9.08. The number of fused-ring (bicyclic) bond motifs is 7. The molecule has 11 rings (SSSR count). The standard InChI is InChI=1S/C35H27N.C12H14.C12H10/c1-35(2)30-20-29(24-18-16-23(17-19-24)22-10-4-3-5-11-22)25-12-6-8-14-27(25)33(30)34-28-15-9-7-13-26(28)32(36)21-31(34)35;2*1-3-7-11(8-4-1)12-9-5-2-6-10-12/h3-21H,36H2,1-2H3;3,5,7-10H,1-2,4,6H2;1-10H. The lowest BCUT2D eigenvalue weighted by atomic mass is 9.80. The van der Waals surface area contributed by atoms with Gasteiger partial charge in [-0.05, 0) is 121 Å². The highest BCUT2D eigenvalue weighted by atomic mass is 14.6. The van der Waals surface area contributed by atoms with Crippen LogP contribution in [0.1, 0.15) is 50.7 Å². The summed E-state index contributed by atoms with van der Waals surface area (Å²) in [6.07, 6.45) is 18.5. The molecular weight excluding hydrogens is 723 g/mol. The summed E-state index contributed by atoms with van der Waals surface area (Å²) < 4.78 is 0. The number of benzene rings is 8. The molecular formula is C59H51N. The Kier molecular flexibility index (Phi) is 11.0. The molecule has 1 nitrogen and oxygen atoms in total. The van der Waals surface area contributed by atoms with Gasteiger partial charge in [0.05, 0.1) is 0 Å². The minimum absolute atomic E-state index is 0.147. The van der Waals surface area contributed by atoms with Crippen LogP contribution in [0.25, 0.3) is 66.1 Å². The fraction of sp³-hybridized carbons (Fsp3) is 0.119. The highest BCUT2D eigenvalue weighted by molar-refractivity contribution is 6.16. The Balaban J connectivity index is 0.000000156. The lowest BCUT2D eigenvalue weighted by molar-refractivity contribution is 0.662. The Bertz CT molecular complexity index is 2840. The van der Waals surface area contributed by atoms with Crippen molar-refractivity contribution >= 4 is 27.2 Å². The predicted molar refractivity (Wildman–Crippen MR) is 259 cm³/mol. The van der Waals surface area contributed by atoms with Crippen molar-refractivity contribution in [1.82, 2.24) is 0 Å². The van der Waals surface area contributed by atoms with Crippen LogP contribution in [0.2, 0.25) is 0 Å². The van der Waals surface area contributed by atoms with Crippen molar-refractivity contribution in [2.45, 2.75) is 44.9 Å². The lowest BCUT2D eigenvalue weighted by Crippen LogP contribution is -2.15. The molecule has 0 radical (unpaired) electrons. The molecule has 0 aromatic heterocycles. The summed E-state index contributed by atoms with van der Waals surface area (Å²) in [7, 11) is 0. The SMILES string of the molecule is C1=CC(C2=CCCC=C2)=CCC1.CC1(C)c2cc(N)c3ccccc3c2-c2c1cc(-c1ccc(-c3ccccc3)cc1)c1ccccc21.c1ccc(-c2ccccc2)cc1. The van der Waals surface area contributed by atoms with Crippen molar-refractivity contribution in [3.63, 3.8) is 0 Å². The first kappa shape index (κ1) is 38.6. The van der Waals surface area contributed by atoms with Crippen LogP contribution in [-0.4, -0.2) is 0 Å². The molecule has 292 valence electrons. The van der Waals surface area contributed by atoms with E-state index in [1.165, 1.54) is 109 Å². The Hall–Kier alpha value is -6.96. The molecule has 0 atom stereocenters. The molecule has 1 heteroatoms. The van der Waals surface area contributed by atoms with E-state index in [9.17, 15) is 0 Å². The van der Waals surface area contributed by atoms with Crippen molar-refractivity contribution in [2.24, 2.45) is 0 Å². The van der Waals surface area contributed by atoms with Gasteiger partial charge in [-0.1, -0.05) is 214 Å². The van der Waals surface area contributed by atoms with Crippen LogP contribution in [0.5, 0.6) is 0 Å². The Morgan fingerprint density at radius 3 is 1.23 bits per heavy atom. The molecule has 0 fully saturated rings.